The van der Waals surface area contributed by atoms with Gasteiger partial charge in [0.2, 0.25) is 0 Å². The van der Waals surface area contributed by atoms with Crippen LogP contribution in [0.1, 0.15) is 44.6 Å². The van der Waals surface area contributed by atoms with Crippen LogP contribution >= 0.6 is 11.8 Å². The predicted octanol–water partition coefficient (Wildman–Crippen LogP) is 3.62. The van der Waals surface area contributed by atoms with Gasteiger partial charge >= 0.3 is 0 Å². The summed E-state index contributed by atoms with van der Waals surface area (Å²) < 4.78 is 0. The summed E-state index contributed by atoms with van der Waals surface area (Å²) in [6.07, 6.45) is 8.73. The molecule has 2 rings (SSSR count). The van der Waals surface area contributed by atoms with Gasteiger partial charge in [0.05, 0.1) is 5.03 Å². The summed E-state index contributed by atoms with van der Waals surface area (Å²) in [5.41, 5.74) is 1.29. The van der Waals surface area contributed by atoms with Crippen LogP contribution in [0, 0.1) is 0 Å². The molecule has 1 aromatic heterocycles. The van der Waals surface area contributed by atoms with E-state index in [1.54, 1.807) is 0 Å². The molecule has 3 heteroatoms. The summed E-state index contributed by atoms with van der Waals surface area (Å²) in [6, 6.07) is 4.37. The lowest BCUT2D eigenvalue weighted by molar-refractivity contribution is 0.673. The van der Waals surface area contributed by atoms with Crippen LogP contribution in [0.5, 0.6) is 0 Å². The molecule has 2 nitrogen and oxygen atoms in total. The second-order valence-electron chi connectivity index (χ2n) is 4.71. The molecule has 0 unspecified atom stereocenters. The summed E-state index contributed by atoms with van der Waals surface area (Å²) in [5, 5.41) is 5.40. The zero-order valence-electron chi connectivity index (χ0n) is 10.6. The molecule has 1 N–H and O–H groups in total. The highest BCUT2D eigenvalue weighted by atomic mass is 32.2. The normalized spacial score (nSPS) is 16.5. The van der Waals surface area contributed by atoms with Crippen LogP contribution in [0.4, 0.5) is 0 Å². The van der Waals surface area contributed by atoms with Crippen LogP contribution in [0.25, 0.3) is 0 Å². The molecule has 0 atom stereocenters. The Morgan fingerprint density at radius 1 is 1.35 bits per heavy atom. The number of hydrogen-bond acceptors (Lipinski definition) is 3. The zero-order valence-corrected chi connectivity index (χ0v) is 11.4. The molecule has 0 bridgehead atoms. The first-order chi connectivity index (χ1) is 8.38. The Kier molecular flexibility index (Phi) is 5.33. The minimum Gasteiger partial charge on any atom is -0.313 e. The number of rotatable bonds is 6. The summed E-state index contributed by atoms with van der Waals surface area (Å²) in [6.45, 7) is 4.21. The molecule has 1 aromatic rings. The highest BCUT2D eigenvalue weighted by Gasteiger charge is 2.16. The maximum Gasteiger partial charge on any atom is 0.0962 e. The minimum absolute atomic E-state index is 0.812. The van der Waals surface area contributed by atoms with Crippen molar-refractivity contribution in [2.24, 2.45) is 0 Å². The summed E-state index contributed by atoms with van der Waals surface area (Å²) in [5.74, 6) is 0. The number of thioether (sulfide) groups is 1. The fourth-order valence-electron chi connectivity index (χ4n) is 2.17. The Morgan fingerprint density at radius 2 is 2.18 bits per heavy atom. The lowest BCUT2D eigenvalue weighted by Gasteiger charge is -2.08. The van der Waals surface area contributed by atoms with Crippen molar-refractivity contribution in [1.29, 1.82) is 0 Å². The molecule has 1 fully saturated rings. The van der Waals surface area contributed by atoms with Gasteiger partial charge in [0.25, 0.3) is 0 Å². The van der Waals surface area contributed by atoms with Crippen molar-refractivity contribution in [2.45, 2.75) is 55.8 Å². The van der Waals surface area contributed by atoms with Gasteiger partial charge in [0, 0.05) is 18.0 Å². The van der Waals surface area contributed by atoms with E-state index in [1.807, 2.05) is 18.0 Å². The van der Waals surface area contributed by atoms with E-state index < -0.39 is 0 Å². The minimum atomic E-state index is 0.812. The topological polar surface area (TPSA) is 24.9 Å². The molecule has 1 saturated carbocycles. The van der Waals surface area contributed by atoms with Gasteiger partial charge in [-0.1, -0.05) is 25.8 Å². The number of aromatic nitrogens is 1. The molecule has 1 aliphatic rings. The van der Waals surface area contributed by atoms with Gasteiger partial charge in [0.1, 0.15) is 0 Å². The van der Waals surface area contributed by atoms with Crippen molar-refractivity contribution in [3.05, 3.63) is 23.9 Å². The molecular weight excluding hydrogens is 228 g/mol. The van der Waals surface area contributed by atoms with Crippen LogP contribution in [0.3, 0.4) is 0 Å². The molecule has 0 radical (unpaired) electrons. The van der Waals surface area contributed by atoms with Gasteiger partial charge in [-0.25, -0.2) is 4.98 Å². The van der Waals surface area contributed by atoms with Crippen LogP contribution in [-0.4, -0.2) is 16.8 Å². The molecular formula is C14H22N2S. The molecule has 1 heterocycles. The molecule has 0 aromatic carbocycles. The van der Waals surface area contributed by atoms with Crippen molar-refractivity contribution >= 4 is 11.8 Å². The van der Waals surface area contributed by atoms with Gasteiger partial charge < -0.3 is 5.32 Å². The third-order valence-electron chi connectivity index (χ3n) is 3.14. The first-order valence-corrected chi connectivity index (χ1v) is 7.58. The fraction of sp³-hybridized carbons (Fsp3) is 0.643. The van der Waals surface area contributed by atoms with Gasteiger partial charge in [-0.05, 0) is 37.4 Å². The fourth-order valence-corrected chi connectivity index (χ4v) is 3.34. The zero-order chi connectivity index (χ0) is 11.9. The van der Waals surface area contributed by atoms with E-state index in [1.165, 1.54) is 42.7 Å². The highest BCUT2D eigenvalue weighted by Crippen LogP contribution is 2.33. The van der Waals surface area contributed by atoms with Crippen LogP contribution in [0.2, 0.25) is 0 Å². The average molecular weight is 250 g/mol. The lowest BCUT2D eigenvalue weighted by Crippen LogP contribution is -2.13. The van der Waals surface area contributed by atoms with Crippen molar-refractivity contribution in [1.82, 2.24) is 10.3 Å². The summed E-state index contributed by atoms with van der Waals surface area (Å²) in [7, 11) is 0. The standard InChI is InChI=1S/C14H22N2S/c1-2-9-15-10-12-7-8-14(16-11-12)17-13-5-3-4-6-13/h7-8,11,13,15H,2-6,9-10H2,1H3. The van der Waals surface area contributed by atoms with E-state index in [0.717, 1.165) is 18.3 Å². The van der Waals surface area contributed by atoms with E-state index in [2.05, 4.69) is 29.4 Å². The summed E-state index contributed by atoms with van der Waals surface area (Å²) >= 11 is 1.96. The molecule has 0 spiro atoms. The maximum atomic E-state index is 4.54. The van der Waals surface area contributed by atoms with Crippen LogP contribution in [0.15, 0.2) is 23.4 Å². The average Bonchev–Trinajstić information content (AvgIpc) is 2.85. The SMILES string of the molecule is CCCNCc1ccc(SC2CCCC2)nc1. The highest BCUT2D eigenvalue weighted by molar-refractivity contribution is 7.99. The lowest BCUT2D eigenvalue weighted by atomic mass is 10.3. The smallest absolute Gasteiger partial charge is 0.0962 e. The van der Waals surface area contributed by atoms with Gasteiger partial charge in [0.15, 0.2) is 0 Å². The van der Waals surface area contributed by atoms with E-state index >= 15 is 0 Å². The summed E-state index contributed by atoms with van der Waals surface area (Å²) in [4.78, 5) is 4.54. The number of pyridine rings is 1. The van der Waals surface area contributed by atoms with Crippen molar-refractivity contribution in [2.75, 3.05) is 6.54 Å². The van der Waals surface area contributed by atoms with Gasteiger partial charge in [-0.15, -0.1) is 11.8 Å². The van der Waals surface area contributed by atoms with Crippen molar-refractivity contribution in [3.63, 3.8) is 0 Å². The third-order valence-corrected chi connectivity index (χ3v) is 4.43. The Bertz CT molecular complexity index is 317. The van der Waals surface area contributed by atoms with E-state index in [0.29, 0.717) is 0 Å². The molecule has 1 aliphatic carbocycles. The van der Waals surface area contributed by atoms with E-state index in [9.17, 15) is 0 Å². The van der Waals surface area contributed by atoms with E-state index in [-0.39, 0.29) is 0 Å². The maximum absolute atomic E-state index is 4.54. The Morgan fingerprint density at radius 3 is 2.82 bits per heavy atom. The Labute approximate surface area is 109 Å². The van der Waals surface area contributed by atoms with Gasteiger partial charge in [-0.2, -0.15) is 0 Å². The molecule has 17 heavy (non-hydrogen) atoms. The number of nitrogens with zero attached hydrogens (tertiary/aromatic N) is 1. The molecule has 0 saturated heterocycles. The second-order valence-corrected chi connectivity index (χ2v) is 6.03. The van der Waals surface area contributed by atoms with E-state index in [4.69, 9.17) is 0 Å². The number of nitrogens with one attached hydrogen (secondary N) is 1. The number of hydrogen-bond donors (Lipinski definition) is 1. The first kappa shape index (κ1) is 12.9. The Hall–Kier alpha value is -0.540. The van der Waals surface area contributed by atoms with Crippen LogP contribution < -0.4 is 5.32 Å². The van der Waals surface area contributed by atoms with Crippen LogP contribution in [-0.2, 0) is 6.54 Å². The quantitative estimate of drug-likeness (QED) is 0.781. The van der Waals surface area contributed by atoms with Crippen molar-refractivity contribution < 1.29 is 0 Å². The second kappa shape index (κ2) is 7.02. The predicted molar refractivity (Wildman–Crippen MR) is 74.3 cm³/mol. The van der Waals surface area contributed by atoms with Gasteiger partial charge in [-0.3, -0.25) is 0 Å². The Balaban J connectivity index is 1.80. The third kappa shape index (κ3) is 4.32. The molecule has 0 amide bonds. The molecule has 0 aliphatic heterocycles. The monoisotopic (exact) mass is 250 g/mol. The largest absolute Gasteiger partial charge is 0.313 e. The first-order valence-electron chi connectivity index (χ1n) is 6.71. The molecule has 94 valence electrons. The van der Waals surface area contributed by atoms with Crippen molar-refractivity contribution in [3.8, 4) is 0 Å².